The van der Waals surface area contributed by atoms with Gasteiger partial charge >= 0.3 is 0 Å². The standard InChI is InChI=1S/C18H21FN4O/c1-12-7-9-23(10-8-12)17(24)16-11-13(2)20-18(22-16)21-15-5-3-14(19)4-6-15/h3-6,11-12H,7-10H2,1-2H3,(H,20,21,22). The van der Waals surface area contributed by atoms with Gasteiger partial charge in [-0.2, -0.15) is 0 Å². The van der Waals surface area contributed by atoms with E-state index in [-0.39, 0.29) is 11.7 Å². The molecule has 1 saturated heterocycles. The molecule has 1 aliphatic rings. The number of piperidine rings is 1. The average molecular weight is 328 g/mol. The molecule has 0 bridgehead atoms. The van der Waals surface area contributed by atoms with E-state index in [9.17, 15) is 9.18 Å². The number of carbonyl (C=O) groups excluding carboxylic acids is 1. The number of nitrogens with zero attached hydrogens (tertiary/aromatic N) is 3. The number of nitrogens with one attached hydrogen (secondary N) is 1. The third kappa shape index (κ3) is 3.88. The Labute approximate surface area is 140 Å². The molecule has 2 aromatic rings. The Balaban J connectivity index is 1.78. The van der Waals surface area contributed by atoms with Crippen molar-refractivity contribution in [1.82, 2.24) is 14.9 Å². The molecule has 126 valence electrons. The smallest absolute Gasteiger partial charge is 0.272 e. The molecule has 1 aliphatic heterocycles. The maximum absolute atomic E-state index is 13.0. The summed E-state index contributed by atoms with van der Waals surface area (Å²) in [6.07, 6.45) is 2.05. The maximum Gasteiger partial charge on any atom is 0.272 e. The second-order valence-electron chi connectivity index (χ2n) is 6.32. The van der Waals surface area contributed by atoms with Crippen molar-refractivity contribution < 1.29 is 9.18 Å². The van der Waals surface area contributed by atoms with Crippen LogP contribution in [0.4, 0.5) is 16.0 Å². The highest BCUT2D eigenvalue weighted by Crippen LogP contribution is 2.19. The molecule has 5 nitrogen and oxygen atoms in total. The van der Waals surface area contributed by atoms with Crippen molar-refractivity contribution in [3.8, 4) is 0 Å². The van der Waals surface area contributed by atoms with Crippen LogP contribution in [0.1, 0.15) is 35.9 Å². The Morgan fingerprint density at radius 1 is 1.21 bits per heavy atom. The van der Waals surface area contributed by atoms with E-state index in [1.165, 1.54) is 12.1 Å². The van der Waals surface area contributed by atoms with Crippen LogP contribution in [0.2, 0.25) is 0 Å². The fraction of sp³-hybridized carbons (Fsp3) is 0.389. The zero-order chi connectivity index (χ0) is 17.1. The molecule has 0 atom stereocenters. The van der Waals surface area contributed by atoms with Crippen molar-refractivity contribution in [1.29, 1.82) is 0 Å². The minimum absolute atomic E-state index is 0.0606. The van der Waals surface area contributed by atoms with Gasteiger partial charge in [0, 0.05) is 24.5 Å². The molecule has 0 saturated carbocycles. The van der Waals surface area contributed by atoms with E-state index in [2.05, 4.69) is 22.2 Å². The highest BCUT2D eigenvalue weighted by atomic mass is 19.1. The van der Waals surface area contributed by atoms with Gasteiger partial charge in [-0.05, 0) is 56.0 Å². The number of benzene rings is 1. The van der Waals surface area contributed by atoms with Gasteiger partial charge in [0.1, 0.15) is 11.5 Å². The van der Waals surface area contributed by atoms with Crippen LogP contribution >= 0.6 is 0 Å². The Kier molecular flexibility index (Phi) is 4.74. The molecular formula is C18H21FN4O. The summed E-state index contributed by atoms with van der Waals surface area (Å²) in [5, 5.41) is 3.02. The molecule has 0 radical (unpaired) electrons. The monoisotopic (exact) mass is 328 g/mol. The van der Waals surface area contributed by atoms with Crippen LogP contribution < -0.4 is 5.32 Å². The number of likely N-dealkylation sites (tertiary alicyclic amines) is 1. The first-order valence-corrected chi connectivity index (χ1v) is 8.19. The first-order valence-electron chi connectivity index (χ1n) is 8.19. The molecule has 1 fully saturated rings. The summed E-state index contributed by atoms with van der Waals surface area (Å²) in [5.41, 5.74) is 1.78. The van der Waals surface area contributed by atoms with E-state index in [0.29, 0.717) is 28.9 Å². The third-order valence-corrected chi connectivity index (χ3v) is 4.24. The minimum atomic E-state index is -0.305. The van der Waals surface area contributed by atoms with Crippen molar-refractivity contribution >= 4 is 17.5 Å². The van der Waals surface area contributed by atoms with Crippen LogP contribution in [-0.2, 0) is 0 Å². The first kappa shape index (κ1) is 16.4. The number of aromatic nitrogens is 2. The van der Waals surface area contributed by atoms with Crippen LogP contribution in [0.3, 0.4) is 0 Å². The number of amides is 1. The lowest BCUT2D eigenvalue weighted by atomic mass is 9.99. The Hall–Kier alpha value is -2.50. The largest absolute Gasteiger partial charge is 0.337 e. The normalized spacial score (nSPS) is 15.4. The quantitative estimate of drug-likeness (QED) is 0.936. The zero-order valence-corrected chi connectivity index (χ0v) is 13.9. The summed E-state index contributed by atoms with van der Waals surface area (Å²) < 4.78 is 13.0. The van der Waals surface area contributed by atoms with Crippen LogP contribution in [0, 0.1) is 18.7 Å². The second kappa shape index (κ2) is 6.95. The number of aryl methyl sites for hydroxylation is 1. The maximum atomic E-state index is 13.0. The Bertz CT molecular complexity index is 724. The SMILES string of the molecule is Cc1cc(C(=O)N2CCC(C)CC2)nc(Nc2ccc(F)cc2)n1. The molecule has 0 unspecified atom stereocenters. The van der Waals surface area contributed by atoms with E-state index in [1.807, 2.05) is 11.8 Å². The fourth-order valence-electron chi connectivity index (χ4n) is 2.77. The van der Waals surface area contributed by atoms with Gasteiger partial charge in [-0.3, -0.25) is 4.79 Å². The summed E-state index contributed by atoms with van der Waals surface area (Å²) in [7, 11) is 0. The van der Waals surface area contributed by atoms with Gasteiger partial charge in [-0.15, -0.1) is 0 Å². The molecular weight excluding hydrogens is 307 g/mol. The predicted molar refractivity (Wildman–Crippen MR) is 90.8 cm³/mol. The summed E-state index contributed by atoms with van der Waals surface area (Å²) in [4.78, 5) is 23.2. The number of hydrogen-bond acceptors (Lipinski definition) is 4. The number of halogens is 1. The van der Waals surface area contributed by atoms with E-state index >= 15 is 0 Å². The van der Waals surface area contributed by atoms with E-state index in [4.69, 9.17) is 0 Å². The number of carbonyl (C=O) groups is 1. The van der Waals surface area contributed by atoms with Gasteiger partial charge < -0.3 is 10.2 Å². The van der Waals surface area contributed by atoms with Crippen molar-refractivity contribution in [3.63, 3.8) is 0 Å². The van der Waals surface area contributed by atoms with Gasteiger partial charge in [0.25, 0.3) is 5.91 Å². The minimum Gasteiger partial charge on any atom is -0.337 e. The molecule has 0 spiro atoms. The second-order valence-corrected chi connectivity index (χ2v) is 6.32. The van der Waals surface area contributed by atoms with E-state index in [1.54, 1.807) is 18.2 Å². The predicted octanol–water partition coefficient (Wildman–Crippen LogP) is 3.54. The molecule has 1 amide bonds. The van der Waals surface area contributed by atoms with Gasteiger partial charge in [-0.1, -0.05) is 6.92 Å². The lowest BCUT2D eigenvalue weighted by molar-refractivity contribution is 0.0691. The van der Waals surface area contributed by atoms with Crippen LogP contribution in [0.25, 0.3) is 0 Å². The number of hydrogen-bond donors (Lipinski definition) is 1. The Morgan fingerprint density at radius 3 is 2.54 bits per heavy atom. The molecule has 0 aliphatic carbocycles. The summed E-state index contributed by atoms with van der Waals surface area (Å²) in [6.45, 7) is 5.57. The zero-order valence-electron chi connectivity index (χ0n) is 13.9. The molecule has 24 heavy (non-hydrogen) atoms. The third-order valence-electron chi connectivity index (χ3n) is 4.24. The number of anilines is 2. The van der Waals surface area contributed by atoms with Gasteiger partial charge in [0.15, 0.2) is 0 Å². The fourth-order valence-corrected chi connectivity index (χ4v) is 2.77. The molecule has 3 rings (SSSR count). The topological polar surface area (TPSA) is 58.1 Å². The molecule has 1 aromatic heterocycles. The van der Waals surface area contributed by atoms with Crippen LogP contribution in [-0.4, -0.2) is 33.9 Å². The molecule has 1 N–H and O–H groups in total. The van der Waals surface area contributed by atoms with Crippen LogP contribution in [0.15, 0.2) is 30.3 Å². The van der Waals surface area contributed by atoms with Gasteiger partial charge in [0.05, 0.1) is 0 Å². The van der Waals surface area contributed by atoms with E-state index in [0.717, 1.165) is 25.9 Å². The van der Waals surface area contributed by atoms with Gasteiger partial charge in [0.2, 0.25) is 5.95 Å². The molecule has 6 heteroatoms. The highest BCUT2D eigenvalue weighted by molar-refractivity contribution is 5.92. The average Bonchev–Trinajstić information content (AvgIpc) is 2.56. The van der Waals surface area contributed by atoms with E-state index < -0.39 is 0 Å². The summed E-state index contributed by atoms with van der Waals surface area (Å²) in [6, 6.07) is 7.64. The summed E-state index contributed by atoms with van der Waals surface area (Å²) >= 11 is 0. The molecule has 2 heterocycles. The lowest BCUT2D eigenvalue weighted by Gasteiger charge is -2.30. The Morgan fingerprint density at radius 2 is 1.88 bits per heavy atom. The number of rotatable bonds is 3. The van der Waals surface area contributed by atoms with Crippen molar-refractivity contribution in [2.24, 2.45) is 5.92 Å². The lowest BCUT2D eigenvalue weighted by Crippen LogP contribution is -2.38. The highest BCUT2D eigenvalue weighted by Gasteiger charge is 2.23. The van der Waals surface area contributed by atoms with Crippen LogP contribution in [0.5, 0.6) is 0 Å². The first-order chi connectivity index (χ1) is 11.5. The summed E-state index contributed by atoms with van der Waals surface area (Å²) in [5.74, 6) is 0.641. The van der Waals surface area contributed by atoms with Crippen molar-refractivity contribution in [3.05, 3.63) is 47.5 Å². The van der Waals surface area contributed by atoms with Crippen molar-refractivity contribution in [2.45, 2.75) is 26.7 Å². The van der Waals surface area contributed by atoms with Gasteiger partial charge in [-0.25, -0.2) is 14.4 Å². The molecule has 1 aromatic carbocycles. The van der Waals surface area contributed by atoms with Crippen molar-refractivity contribution in [2.75, 3.05) is 18.4 Å².